The molecule has 0 amide bonds. The Hall–Kier alpha value is -0.240. The van der Waals surface area contributed by atoms with E-state index < -0.39 is 0 Å². The van der Waals surface area contributed by atoms with Crippen molar-refractivity contribution in [1.29, 1.82) is 0 Å². The number of nitrogens with zero attached hydrogens (tertiary/aromatic N) is 3. The molecule has 7 atom stereocenters. The second-order valence-corrected chi connectivity index (χ2v) is 11.5. The zero-order valence-corrected chi connectivity index (χ0v) is 21.3. The van der Waals surface area contributed by atoms with Gasteiger partial charge in [-0.2, -0.15) is 0 Å². The summed E-state index contributed by atoms with van der Waals surface area (Å²) in [6.07, 6.45) is 14.3. The van der Waals surface area contributed by atoms with Gasteiger partial charge in [0.05, 0.1) is 38.6 Å². The van der Waals surface area contributed by atoms with Crippen LogP contribution in [0.2, 0.25) is 0 Å². The van der Waals surface area contributed by atoms with Crippen LogP contribution in [0.25, 0.3) is 0 Å². The first kappa shape index (κ1) is 24.5. The molecule has 5 rings (SSSR count). The minimum Gasteiger partial charge on any atom is -0.379 e. The summed E-state index contributed by atoms with van der Waals surface area (Å²) in [5.41, 5.74) is 0. The molecule has 0 aromatic heterocycles. The number of likely N-dealkylation sites (tertiary alicyclic amines) is 1. The molecule has 0 aromatic rings. The van der Waals surface area contributed by atoms with Crippen molar-refractivity contribution in [1.82, 2.24) is 14.7 Å². The maximum absolute atomic E-state index is 6.08. The third kappa shape index (κ3) is 5.95. The molecule has 1 aliphatic carbocycles. The Balaban J connectivity index is 1.10. The summed E-state index contributed by atoms with van der Waals surface area (Å²) in [4.78, 5) is 8.28. The summed E-state index contributed by atoms with van der Waals surface area (Å²) >= 11 is 0. The lowest BCUT2D eigenvalue weighted by Crippen LogP contribution is -2.52. The molecular formula is C27H49N3O3. The van der Waals surface area contributed by atoms with Gasteiger partial charge in [-0.3, -0.25) is 14.7 Å². The van der Waals surface area contributed by atoms with Gasteiger partial charge in [-0.25, -0.2) is 0 Å². The summed E-state index contributed by atoms with van der Waals surface area (Å²) in [5.74, 6) is 0. The van der Waals surface area contributed by atoms with Crippen LogP contribution in [0.5, 0.6) is 0 Å². The summed E-state index contributed by atoms with van der Waals surface area (Å²) < 4.78 is 17.6. The SMILES string of the molecule is CC(CCCCC(CCC(C)N1CCOC2CCCC21)N1CC2CC1CO2)N1CCOCC1. The highest BCUT2D eigenvalue weighted by molar-refractivity contribution is 4.96. The van der Waals surface area contributed by atoms with Crippen LogP contribution in [-0.4, -0.2) is 110 Å². The molecule has 5 aliphatic rings. The standard InChI is InChI=1S/C27H49N3O3/c1-21(28-12-15-31-16-13-28)6-3-4-7-23(30-19-25-18-24(30)20-33-25)11-10-22(2)29-14-17-32-27-9-5-8-26(27)29/h21-27H,3-20H2,1-2H3. The molecule has 6 heteroatoms. The predicted octanol–water partition coefficient (Wildman–Crippen LogP) is 3.53. The Morgan fingerprint density at radius 2 is 1.67 bits per heavy atom. The molecule has 4 saturated heterocycles. The summed E-state index contributed by atoms with van der Waals surface area (Å²) in [7, 11) is 0. The van der Waals surface area contributed by atoms with Crippen LogP contribution in [0.15, 0.2) is 0 Å². The van der Waals surface area contributed by atoms with Gasteiger partial charge in [-0.05, 0) is 65.2 Å². The highest BCUT2D eigenvalue weighted by Crippen LogP contribution is 2.35. The van der Waals surface area contributed by atoms with Crippen molar-refractivity contribution >= 4 is 0 Å². The first-order chi connectivity index (χ1) is 16.2. The maximum Gasteiger partial charge on any atom is 0.0731 e. The lowest BCUT2D eigenvalue weighted by Gasteiger charge is -2.42. The lowest BCUT2D eigenvalue weighted by atomic mass is 9.96. The van der Waals surface area contributed by atoms with Gasteiger partial charge in [0.15, 0.2) is 0 Å². The van der Waals surface area contributed by atoms with Crippen molar-refractivity contribution in [2.24, 2.45) is 0 Å². The molecule has 2 bridgehead atoms. The van der Waals surface area contributed by atoms with Crippen molar-refractivity contribution in [3.8, 4) is 0 Å². The Bertz CT molecular complexity index is 601. The molecular weight excluding hydrogens is 414 g/mol. The molecule has 7 unspecified atom stereocenters. The minimum atomic E-state index is 0.509. The average Bonchev–Trinajstić information content (AvgIpc) is 3.60. The van der Waals surface area contributed by atoms with Gasteiger partial charge in [-0.1, -0.05) is 12.8 Å². The van der Waals surface area contributed by atoms with E-state index in [0.717, 1.165) is 52.1 Å². The first-order valence-electron chi connectivity index (χ1n) is 14.3. The topological polar surface area (TPSA) is 37.4 Å². The maximum atomic E-state index is 6.08. The molecule has 4 aliphatic heterocycles. The molecule has 0 radical (unpaired) electrons. The summed E-state index contributed by atoms with van der Waals surface area (Å²) in [5, 5.41) is 0. The van der Waals surface area contributed by atoms with E-state index in [4.69, 9.17) is 14.2 Å². The van der Waals surface area contributed by atoms with E-state index in [9.17, 15) is 0 Å². The zero-order chi connectivity index (χ0) is 22.6. The predicted molar refractivity (Wildman–Crippen MR) is 132 cm³/mol. The number of ether oxygens (including phenoxy) is 3. The fourth-order valence-corrected chi connectivity index (χ4v) is 7.48. The first-order valence-corrected chi connectivity index (χ1v) is 14.3. The van der Waals surface area contributed by atoms with Gasteiger partial charge < -0.3 is 14.2 Å². The van der Waals surface area contributed by atoms with Crippen LogP contribution in [-0.2, 0) is 14.2 Å². The largest absolute Gasteiger partial charge is 0.379 e. The molecule has 190 valence electrons. The highest BCUT2D eigenvalue weighted by atomic mass is 16.5. The van der Waals surface area contributed by atoms with Crippen molar-refractivity contribution in [3.63, 3.8) is 0 Å². The van der Waals surface area contributed by atoms with E-state index in [-0.39, 0.29) is 0 Å². The van der Waals surface area contributed by atoms with Gasteiger partial charge in [0, 0.05) is 56.4 Å². The van der Waals surface area contributed by atoms with Gasteiger partial charge in [0.2, 0.25) is 0 Å². The zero-order valence-electron chi connectivity index (χ0n) is 21.3. The fraction of sp³-hybridized carbons (Fsp3) is 1.00. The van der Waals surface area contributed by atoms with Gasteiger partial charge in [0.25, 0.3) is 0 Å². The third-order valence-corrected chi connectivity index (χ3v) is 9.50. The van der Waals surface area contributed by atoms with Gasteiger partial charge in [0.1, 0.15) is 0 Å². The van der Waals surface area contributed by atoms with Gasteiger partial charge >= 0.3 is 0 Å². The fourth-order valence-electron chi connectivity index (χ4n) is 7.48. The van der Waals surface area contributed by atoms with Crippen LogP contribution in [0.3, 0.4) is 0 Å². The van der Waals surface area contributed by atoms with Crippen LogP contribution < -0.4 is 0 Å². The van der Waals surface area contributed by atoms with E-state index in [2.05, 4.69) is 28.5 Å². The number of rotatable bonds is 11. The second-order valence-electron chi connectivity index (χ2n) is 11.5. The van der Waals surface area contributed by atoms with Crippen LogP contribution in [0, 0.1) is 0 Å². The molecule has 6 nitrogen and oxygen atoms in total. The number of hydrogen-bond acceptors (Lipinski definition) is 6. The van der Waals surface area contributed by atoms with Crippen LogP contribution in [0.4, 0.5) is 0 Å². The van der Waals surface area contributed by atoms with Crippen LogP contribution >= 0.6 is 0 Å². The van der Waals surface area contributed by atoms with Gasteiger partial charge in [-0.15, -0.1) is 0 Å². The highest BCUT2D eigenvalue weighted by Gasteiger charge is 2.42. The molecule has 0 aromatic carbocycles. The quantitative estimate of drug-likeness (QED) is 0.437. The number of fused-ring (bicyclic) bond motifs is 3. The summed E-state index contributed by atoms with van der Waals surface area (Å²) in [6, 6.07) is 3.49. The Morgan fingerprint density at radius 1 is 0.818 bits per heavy atom. The average molecular weight is 464 g/mol. The van der Waals surface area contributed by atoms with Crippen LogP contribution in [0.1, 0.15) is 78.1 Å². The molecule has 0 N–H and O–H groups in total. The molecule has 33 heavy (non-hydrogen) atoms. The third-order valence-electron chi connectivity index (χ3n) is 9.50. The van der Waals surface area contributed by atoms with Crippen molar-refractivity contribution < 1.29 is 14.2 Å². The van der Waals surface area contributed by atoms with E-state index in [1.165, 1.54) is 70.8 Å². The van der Waals surface area contributed by atoms with E-state index in [1.807, 2.05) is 0 Å². The Kier molecular flexibility index (Phi) is 8.64. The molecule has 1 saturated carbocycles. The number of unbranched alkanes of at least 4 members (excludes halogenated alkanes) is 1. The summed E-state index contributed by atoms with van der Waals surface area (Å²) in [6.45, 7) is 13.2. The number of hydrogen-bond donors (Lipinski definition) is 0. The van der Waals surface area contributed by atoms with Crippen molar-refractivity contribution in [3.05, 3.63) is 0 Å². The molecule has 0 spiro atoms. The van der Waals surface area contributed by atoms with E-state index >= 15 is 0 Å². The number of morpholine rings is 3. The van der Waals surface area contributed by atoms with E-state index in [0.29, 0.717) is 36.4 Å². The van der Waals surface area contributed by atoms with Crippen molar-refractivity contribution in [2.75, 3.05) is 52.6 Å². The minimum absolute atomic E-state index is 0.509. The monoisotopic (exact) mass is 463 g/mol. The normalized spacial score (nSPS) is 36.2. The Labute approximate surface area is 202 Å². The van der Waals surface area contributed by atoms with E-state index in [1.54, 1.807) is 0 Å². The Morgan fingerprint density at radius 3 is 2.45 bits per heavy atom. The smallest absolute Gasteiger partial charge is 0.0731 e. The van der Waals surface area contributed by atoms with Crippen molar-refractivity contribution in [2.45, 2.75) is 120 Å². The lowest BCUT2D eigenvalue weighted by molar-refractivity contribution is -0.0715. The molecule has 5 fully saturated rings. The second kappa shape index (κ2) is 11.7. The molecule has 4 heterocycles.